The Hall–Kier alpha value is -0.890. The first-order chi connectivity index (χ1) is 8.47. The predicted octanol–water partition coefficient (Wildman–Crippen LogP) is 3.91. The van der Waals surface area contributed by atoms with Gasteiger partial charge in [0.15, 0.2) is 0 Å². The van der Waals surface area contributed by atoms with Crippen molar-refractivity contribution in [3.8, 4) is 0 Å². The summed E-state index contributed by atoms with van der Waals surface area (Å²) in [6, 6.07) is 6.75. The molecule has 0 heterocycles. The second kappa shape index (κ2) is 5.40. The second-order valence-electron chi connectivity index (χ2n) is 6.28. The molecule has 1 aromatic carbocycles. The number of nitrogens with two attached hydrogens (primary N) is 1. The highest BCUT2D eigenvalue weighted by Crippen LogP contribution is 2.36. The molecular weight excluding hydrogens is 225 g/mol. The van der Waals surface area contributed by atoms with E-state index in [4.69, 9.17) is 5.73 Å². The summed E-state index contributed by atoms with van der Waals surface area (Å²) in [5.74, 6) is 1.20. The molecule has 1 aliphatic carbocycles. The number of benzene rings is 1. The van der Waals surface area contributed by atoms with E-state index in [0.29, 0.717) is 5.92 Å². The first-order valence-electron chi connectivity index (χ1n) is 7.01. The highest BCUT2D eigenvalue weighted by Gasteiger charge is 2.33. The molecule has 2 rings (SSSR count). The third-order valence-electron chi connectivity index (χ3n) is 4.37. The van der Waals surface area contributed by atoms with Gasteiger partial charge in [0.1, 0.15) is 5.82 Å². The molecule has 0 radical (unpaired) electrons. The van der Waals surface area contributed by atoms with E-state index in [9.17, 15) is 4.39 Å². The van der Waals surface area contributed by atoms with Crippen LogP contribution in [0.2, 0.25) is 0 Å². The summed E-state index contributed by atoms with van der Waals surface area (Å²) in [6.07, 6.45) is 5.93. The molecule has 1 nitrogen and oxygen atoms in total. The first-order valence-corrected chi connectivity index (χ1v) is 7.01. The van der Waals surface area contributed by atoms with Crippen LogP contribution in [0.15, 0.2) is 24.3 Å². The SMILES string of the molecule is CC1CCCC(C(C)(N)Cc2ccc(F)cc2)C1. The van der Waals surface area contributed by atoms with Gasteiger partial charge in [-0.1, -0.05) is 31.9 Å². The maximum Gasteiger partial charge on any atom is 0.123 e. The Labute approximate surface area is 110 Å². The molecule has 1 aromatic rings. The molecule has 0 amide bonds. The van der Waals surface area contributed by atoms with E-state index in [1.165, 1.54) is 37.8 Å². The van der Waals surface area contributed by atoms with Crippen molar-refractivity contribution in [1.82, 2.24) is 0 Å². The fourth-order valence-electron chi connectivity index (χ4n) is 3.22. The van der Waals surface area contributed by atoms with Crippen molar-refractivity contribution in [2.24, 2.45) is 17.6 Å². The quantitative estimate of drug-likeness (QED) is 0.863. The first kappa shape index (κ1) is 13.5. The van der Waals surface area contributed by atoms with Gasteiger partial charge < -0.3 is 5.73 Å². The Morgan fingerprint density at radius 3 is 2.56 bits per heavy atom. The van der Waals surface area contributed by atoms with Crippen LogP contribution in [-0.2, 0) is 6.42 Å². The Bertz CT molecular complexity index is 383. The Morgan fingerprint density at radius 1 is 1.28 bits per heavy atom. The minimum Gasteiger partial charge on any atom is -0.325 e. The van der Waals surface area contributed by atoms with E-state index in [1.807, 2.05) is 12.1 Å². The lowest BCUT2D eigenvalue weighted by Gasteiger charge is -2.39. The zero-order valence-electron chi connectivity index (χ0n) is 11.5. The summed E-state index contributed by atoms with van der Waals surface area (Å²) >= 11 is 0. The fraction of sp³-hybridized carbons (Fsp3) is 0.625. The molecule has 0 bridgehead atoms. The largest absolute Gasteiger partial charge is 0.325 e. The van der Waals surface area contributed by atoms with Crippen molar-refractivity contribution < 1.29 is 4.39 Å². The van der Waals surface area contributed by atoms with Gasteiger partial charge in [-0.3, -0.25) is 0 Å². The van der Waals surface area contributed by atoms with Crippen molar-refractivity contribution >= 4 is 0 Å². The molecule has 3 atom stereocenters. The maximum absolute atomic E-state index is 12.9. The van der Waals surface area contributed by atoms with Gasteiger partial charge in [-0.2, -0.15) is 0 Å². The molecule has 1 aliphatic rings. The van der Waals surface area contributed by atoms with Crippen LogP contribution in [0.1, 0.15) is 45.1 Å². The van der Waals surface area contributed by atoms with Crippen LogP contribution in [0.5, 0.6) is 0 Å². The summed E-state index contributed by atoms with van der Waals surface area (Å²) < 4.78 is 12.9. The Balaban J connectivity index is 2.03. The average Bonchev–Trinajstić information content (AvgIpc) is 2.32. The molecule has 1 fully saturated rings. The van der Waals surface area contributed by atoms with Crippen molar-refractivity contribution in [2.75, 3.05) is 0 Å². The van der Waals surface area contributed by atoms with Gasteiger partial charge in [0.25, 0.3) is 0 Å². The molecule has 3 unspecified atom stereocenters. The standard InChI is InChI=1S/C16H24FN/c1-12-4-3-5-14(10-12)16(2,18)11-13-6-8-15(17)9-7-13/h6-9,12,14H,3-5,10-11,18H2,1-2H3. The highest BCUT2D eigenvalue weighted by molar-refractivity contribution is 5.19. The van der Waals surface area contributed by atoms with Crippen LogP contribution >= 0.6 is 0 Å². The molecule has 18 heavy (non-hydrogen) atoms. The summed E-state index contributed by atoms with van der Waals surface area (Å²) in [5.41, 5.74) is 7.49. The lowest BCUT2D eigenvalue weighted by Crippen LogP contribution is -2.47. The van der Waals surface area contributed by atoms with Gasteiger partial charge in [-0.15, -0.1) is 0 Å². The van der Waals surface area contributed by atoms with Crippen LogP contribution in [0.3, 0.4) is 0 Å². The predicted molar refractivity (Wildman–Crippen MR) is 73.8 cm³/mol. The maximum atomic E-state index is 12.9. The number of hydrogen-bond acceptors (Lipinski definition) is 1. The van der Waals surface area contributed by atoms with Gasteiger partial charge in [0.05, 0.1) is 0 Å². The zero-order chi connectivity index (χ0) is 13.2. The minimum atomic E-state index is -0.177. The van der Waals surface area contributed by atoms with E-state index in [1.54, 1.807) is 0 Å². The average molecular weight is 249 g/mol. The molecule has 0 saturated heterocycles. The molecule has 2 heteroatoms. The van der Waals surface area contributed by atoms with E-state index in [2.05, 4.69) is 13.8 Å². The number of rotatable bonds is 3. The minimum absolute atomic E-state index is 0.174. The van der Waals surface area contributed by atoms with E-state index < -0.39 is 0 Å². The summed E-state index contributed by atoms with van der Waals surface area (Å²) in [5, 5.41) is 0. The highest BCUT2D eigenvalue weighted by atomic mass is 19.1. The monoisotopic (exact) mass is 249 g/mol. The van der Waals surface area contributed by atoms with Gasteiger partial charge in [-0.25, -0.2) is 4.39 Å². The van der Waals surface area contributed by atoms with E-state index in [-0.39, 0.29) is 11.4 Å². The van der Waals surface area contributed by atoms with Crippen molar-refractivity contribution in [3.63, 3.8) is 0 Å². The van der Waals surface area contributed by atoms with Crippen molar-refractivity contribution in [1.29, 1.82) is 0 Å². The second-order valence-corrected chi connectivity index (χ2v) is 6.28. The third-order valence-corrected chi connectivity index (χ3v) is 4.37. The number of halogens is 1. The normalized spacial score (nSPS) is 27.8. The van der Waals surface area contributed by atoms with Gasteiger partial charge >= 0.3 is 0 Å². The van der Waals surface area contributed by atoms with Crippen LogP contribution in [0, 0.1) is 17.7 Å². The molecule has 0 aromatic heterocycles. The van der Waals surface area contributed by atoms with Crippen LogP contribution in [0.25, 0.3) is 0 Å². The molecule has 100 valence electrons. The van der Waals surface area contributed by atoms with Gasteiger partial charge in [0, 0.05) is 5.54 Å². The van der Waals surface area contributed by atoms with Crippen molar-refractivity contribution in [3.05, 3.63) is 35.6 Å². The summed E-state index contributed by atoms with van der Waals surface area (Å²) in [4.78, 5) is 0. The van der Waals surface area contributed by atoms with Gasteiger partial charge in [0.2, 0.25) is 0 Å². The van der Waals surface area contributed by atoms with Crippen LogP contribution in [0.4, 0.5) is 4.39 Å². The number of hydrogen-bond donors (Lipinski definition) is 1. The molecule has 0 spiro atoms. The third kappa shape index (κ3) is 3.32. The van der Waals surface area contributed by atoms with Crippen LogP contribution in [-0.4, -0.2) is 5.54 Å². The van der Waals surface area contributed by atoms with E-state index >= 15 is 0 Å². The molecule has 2 N–H and O–H groups in total. The zero-order valence-corrected chi connectivity index (χ0v) is 11.5. The molecule has 0 aliphatic heterocycles. The fourth-order valence-corrected chi connectivity index (χ4v) is 3.22. The smallest absolute Gasteiger partial charge is 0.123 e. The van der Waals surface area contributed by atoms with Gasteiger partial charge in [-0.05, 0) is 55.7 Å². The summed E-state index contributed by atoms with van der Waals surface area (Å²) in [6.45, 7) is 4.47. The lowest BCUT2D eigenvalue weighted by molar-refractivity contribution is 0.183. The lowest BCUT2D eigenvalue weighted by atomic mass is 9.70. The van der Waals surface area contributed by atoms with Crippen LogP contribution < -0.4 is 5.73 Å². The van der Waals surface area contributed by atoms with E-state index in [0.717, 1.165) is 17.9 Å². The Kier molecular flexibility index (Phi) is 4.06. The Morgan fingerprint density at radius 2 is 1.94 bits per heavy atom. The van der Waals surface area contributed by atoms with Crippen molar-refractivity contribution in [2.45, 2.75) is 51.5 Å². The molecular formula is C16H24FN. The molecule has 1 saturated carbocycles. The summed E-state index contributed by atoms with van der Waals surface area (Å²) in [7, 11) is 0. The topological polar surface area (TPSA) is 26.0 Å².